The Morgan fingerprint density at radius 2 is 1.64 bits per heavy atom. The third kappa shape index (κ3) is 2.87. The van der Waals surface area contributed by atoms with Crippen LogP contribution in [0.2, 0.25) is 0 Å². The van der Waals surface area contributed by atoms with Crippen LogP contribution in [-0.2, 0) is 9.59 Å². The van der Waals surface area contributed by atoms with E-state index in [1.165, 1.54) is 19.3 Å². The highest BCUT2D eigenvalue weighted by Gasteiger charge is 2.38. The molecule has 118 valence electrons. The number of carboxylic acids is 1. The van der Waals surface area contributed by atoms with Crippen molar-refractivity contribution in [3.8, 4) is 0 Å². The van der Waals surface area contributed by atoms with Gasteiger partial charge in [0.15, 0.2) is 0 Å². The smallest absolute Gasteiger partial charge is 0.312 e. The average Bonchev–Trinajstić information content (AvgIpc) is 2.86. The van der Waals surface area contributed by atoms with Crippen LogP contribution >= 0.6 is 0 Å². The highest BCUT2D eigenvalue weighted by Crippen LogP contribution is 2.38. The number of fused-ring (bicyclic) bond motifs is 1. The fraction of sp³-hybridized carbons (Fsp3) is 0.556. The summed E-state index contributed by atoms with van der Waals surface area (Å²) in [6.45, 7) is 0.282. The number of para-hydroxylation sites is 1. The summed E-state index contributed by atoms with van der Waals surface area (Å²) in [7, 11) is 0. The molecule has 1 aliphatic carbocycles. The first-order valence-corrected chi connectivity index (χ1v) is 8.31. The summed E-state index contributed by atoms with van der Waals surface area (Å²) in [6.07, 6.45) is 7.78. The largest absolute Gasteiger partial charge is 0.481 e. The molecular weight excluding hydrogens is 278 g/mol. The zero-order valence-corrected chi connectivity index (χ0v) is 12.8. The molecule has 0 radical (unpaired) electrons. The minimum absolute atomic E-state index is 0.0564. The van der Waals surface area contributed by atoms with Gasteiger partial charge in [-0.2, -0.15) is 0 Å². The fourth-order valence-corrected chi connectivity index (χ4v) is 3.75. The number of anilines is 1. The van der Waals surface area contributed by atoms with Crippen LogP contribution in [0, 0.1) is 5.92 Å². The van der Waals surface area contributed by atoms with Crippen molar-refractivity contribution in [1.29, 1.82) is 0 Å². The molecule has 1 N–H and O–H groups in total. The van der Waals surface area contributed by atoms with Crippen molar-refractivity contribution in [3.05, 3.63) is 29.8 Å². The lowest BCUT2D eigenvalue weighted by Crippen LogP contribution is -2.36. The van der Waals surface area contributed by atoms with Crippen molar-refractivity contribution in [2.24, 2.45) is 5.92 Å². The van der Waals surface area contributed by atoms with Gasteiger partial charge in [-0.15, -0.1) is 0 Å². The van der Waals surface area contributed by atoms with Crippen LogP contribution in [0.1, 0.15) is 56.4 Å². The number of nitrogens with zero attached hydrogens (tertiary/aromatic N) is 1. The molecule has 3 rings (SSSR count). The predicted octanol–water partition coefficient (Wildman–Crippen LogP) is 3.56. The lowest BCUT2D eigenvalue weighted by Gasteiger charge is -2.25. The van der Waals surface area contributed by atoms with Gasteiger partial charge in [-0.3, -0.25) is 9.59 Å². The molecule has 1 aromatic rings. The molecule has 0 spiro atoms. The van der Waals surface area contributed by atoms with Crippen LogP contribution in [0.5, 0.6) is 0 Å². The number of aliphatic carboxylic acids is 1. The molecule has 1 fully saturated rings. The number of carboxylic acid groups (broad SMARTS) is 1. The summed E-state index contributed by atoms with van der Waals surface area (Å²) in [5, 5.41) is 9.41. The number of hydrogen-bond donors (Lipinski definition) is 1. The Hall–Kier alpha value is -1.84. The first-order valence-electron chi connectivity index (χ1n) is 8.31. The third-order valence-corrected chi connectivity index (χ3v) is 4.99. The van der Waals surface area contributed by atoms with Gasteiger partial charge in [-0.25, -0.2) is 0 Å². The van der Waals surface area contributed by atoms with Crippen molar-refractivity contribution in [2.45, 2.75) is 50.9 Å². The molecule has 1 amide bonds. The Bertz CT molecular complexity index is 561. The monoisotopic (exact) mass is 301 g/mol. The maximum Gasteiger partial charge on any atom is 0.312 e. The maximum atomic E-state index is 12.9. The molecular formula is C18H23NO3. The quantitative estimate of drug-likeness (QED) is 0.908. The van der Waals surface area contributed by atoms with Gasteiger partial charge in [0.1, 0.15) is 5.92 Å². The van der Waals surface area contributed by atoms with E-state index in [4.69, 9.17) is 0 Å². The van der Waals surface area contributed by atoms with E-state index in [0.29, 0.717) is 0 Å². The van der Waals surface area contributed by atoms with Gasteiger partial charge in [0.2, 0.25) is 5.91 Å². The van der Waals surface area contributed by atoms with E-state index < -0.39 is 11.9 Å². The minimum atomic E-state index is -0.847. The molecule has 0 aromatic heterocycles. The van der Waals surface area contributed by atoms with E-state index in [9.17, 15) is 14.7 Å². The first kappa shape index (κ1) is 15.1. The first-order chi connectivity index (χ1) is 10.7. The number of carbonyl (C=O) groups excluding carboxylic acids is 1. The molecule has 1 atom stereocenters. The molecule has 1 unspecified atom stereocenters. The van der Waals surface area contributed by atoms with Crippen LogP contribution in [0.3, 0.4) is 0 Å². The highest BCUT2D eigenvalue weighted by atomic mass is 16.4. The van der Waals surface area contributed by atoms with Gasteiger partial charge < -0.3 is 10.0 Å². The summed E-state index contributed by atoms with van der Waals surface area (Å²) in [5.41, 5.74) is 1.57. The Morgan fingerprint density at radius 1 is 1.00 bits per heavy atom. The van der Waals surface area contributed by atoms with Gasteiger partial charge >= 0.3 is 5.97 Å². The van der Waals surface area contributed by atoms with Crippen molar-refractivity contribution in [2.75, 3.05) is 11.4 Å². The van der Waals surface area contributed by atoms with E-state index in [2.05, 4.69) is 0 Å². The predicted molar refractivity (Wildman–Crippen MR) is 85.0 cm³/mol. The summed E-state index contributed by atoms with van der Waals surface area (Å²) in [6, 6.07) is 7.43. The Labute approximate surface area is 131 Å². The fourth-order valence-electron chi connectivity index (χ4n) is 3.75. The lowest BCUT2D eigenvalue weighted by molar-refractivity contribution is -0.138. The molecule has 2 aliphatic rings. The summed E-state index contributed by atoms with van der Waals surface area (Å²) in [5.74, 6) is -1.26. The Kier molecular flexibility index (Phi) is 4.46. The minimum Gasteiger partial charge on any atom is -0.481 e. The van der Waals surface area contributed by atoms with Gasteiger partial charge in [0.25, 0.3) is 0 Å². The second kappa shape index (κ2) is 6.51. The standard InChI is InChI=1S/C18H23NO3/c20-17(13-8-4-2-1-3-5-9-13)19-12-15(18(21)22)14-10-6-7-11-16(14)19/h6-7,10-11,13,15H,1-5,8-9,12H2,(H,21,22). The van der Waals surface area contributed by atoms with Crippen molar-refractivity contribution in [1.82, 2.24) is 0 Å². The molecule has 4 heteroatoms. The summed E-state index contributed by atoms with van der Waals surface area (Å²) < 4.78 is 0. The topological polar surface area (TPSA) is 57.6 Å². The molecule has 1 heterocycles. The zero-order valence-electron chi connectivity index (χ0n) is 12.8. The second-order valence-electron chi connectivity index (χ2n) is 6.44. The van der Waals surface area contributed by atoms with Gasteiger partial charge in [0, 0.05) is 18.2 Å². The van der Waals surface area contributed by atoms with Crippen molar-refractivity contribution in [3.63, 3.8) is 0 Å². The lowest BCUT2D eigenvalue weighted by atomic mass is 9.90. The van der Waals surface area contributed by atoms with Crippen LogP contribution in [0.4, 0.5) is 5.69 Å². The Balaban J connectivity index is 1.82. The van der Waals surface area contributed by atoms with Crippen LogP contribution in [0.25, 0.3) is 0 Å². The number of hydrogen-bond acceptors (Lipinski definition) is 2. The molecule has 1 aliphatic heterocycles. The van der Waals surface area contributed by atoms with E-state index in [1.54, 1.807) is 4.90 Å². The summed E-state index contributed by atoms with van der Waals surface area (Å²) >= 11 is 0. The molecule has 1 saturated carbocycles. The molecule has 4 nitrogen and oxygen atoms in total. The maximum absolute atomic E-state index is 12.9. The van der Waals surface area contributed by atoms with E-state index in [0.717, 1.165) is 36.9 Å². The number of amides is 1. The van der Waals surface area contributed by atoms with Gasteiger partial charge in [0.05, 0.1) is 0 Å². The van der Waals surface area contributed by atoms with E-state index in [-0.39, 0.29) is 18.4 Å². The number of carbonyl (C=O) groups is 2. The normalized spacial score (nSPS) is 22.7. The highest BCUT2D eigenvalue weighted by molar-refractivity contribution is 6.00. The zero-order chi connectivity index (χ0) is 15.5. The molecule has 0 bridgehead atoms. The molecule has 0 saturated heterocycles. The van der Waals surface area contributed by atoms with Gasteiger partial charge in [-0.05, 0) is 24.5 Å². The number of rotatable bonds is 2. The Morgan fingerprint density at radius 3 is 2.32 bits per heavy atom. The van der Waals surface area contributed by atoms with E-state index >= 15 is 0 Å². The third-order valence-electron chi connectivity index (χ3n) is 4.99. The van der Waals surface area contributed by atoms with E-state index in [1.807, 2.05) is 24.3 Å². The molecule has 22 heavy (non-hydrogen) atoms. The summed E-state index contributed by atoms with van der Waals surface area (Å²) in [4.78, 5) is 26.1. The van der Waals surface area contributed by atoms with Crippen molar-refractivity contribution < 1.29 is 14.7 Å². The second-order valence-corrected chi connectivity index (χ2v) is 6.44. The van der Waals surface area contributed by atoms with Crippen molar-refractivity contribution >= 4 is 17.6 Å². The van der Waals surface area contributed by atoms with Gasteiger partial charge in [-0.1, -0.05) is 50.3 Å². The SMILES string of the molecule is O=C(O)C1CN(C(=O)C2CCCCCCC2)c2ccccc21. The molecule has 1 aromatic carbocycles. The average molecular weight is 301 g/mol. The van der Waals surface area contributed by atoms with Crippen LogP contribution in [-0.4, -0.2) is 23.5 Å². The van der Waals surface area contributed by atoms with Crippen LogP contribution in [0.15, 0.2) is 24.3 Å². The number of benzene rings is 1. The van der Waals surface area contributed by atoms with Crippen LogP contribution < -0.4 is 4.90 Å².